The molecule has 1 saturated carbocycles. The highest BCUT2D eigenvalue weighted by Crippen LogP contribution is 2.25. The van der Waals surface area contributed by atoms with Crippen LogP contribution >= 0.6 is 11.6 Å². The first-order valence-electron chi connectivity index (χ1n) is 7.03. The lowest BCUT2D eigenvalue weighted by atomic mass is 10.1. The molecule has 2 rings (SSSR count). The van der Waals surface area contributed by atoms with Crippen LogP contribution in [0.5, 0.6) is 0 Å². The van der Waals surface area contributed by atoms with Gasteiger partial charge in [0.15, 0.2) is 0 Å². The molecule has 1 amide bonds. The molecular formula is C15H21ClN2O2. The van der Waals surface area contributed by atoms with E-state index in [2.05, 4.69) is 5.32 Å². The van der Waals surface area contributed by atoms with E-state index in [1.807, 2.05) is 0 Å². The van der Waals surface area contributed by atoms with Gasteiger partial charge in [-0.1, -0.05) is 24.4 Å². The van der Waals surface area contributed by atoms with E-state index in [4.69, 9.17) is 22.1 Å². The molecule has 1 aromatic rings. The summed E-state index contributed by atoms with van der Waals surface area (Å²) in [4.78, 5) is 12.0. The first-order valence-corrected chi connectivity index (χ1v) is 7.41. The summed E-state index contributed by atoms with van der Waals surface area (Å²) >= 11 is 5.84. The third kappa shape index (κ3) is 4.12. The number of hydrogen-bond donors (Lipinski definition) is 2. The van der Waals surface area contributed by atoms with Crippen molar-refractivity contribution in [2.24, 2.45) is 5.92 Å². The predicted molar refractivity (Wildman–Crippen MR) is 81.9 cm³/mol. The lowest BCUT2D eigenvalue weighted by Gasteiger charge is -2.16. The van der Waals surface area contributed by atoms with Crippen LogP contribution in [0.15, 0.2) is 18.2 Å². The summed E-state index contributed by atoms with van der Waals surface area (Å²) in [7, 11) is 0. The van der Waals surface area contributed by atoms with Crippen LogP contribution in [0.4, 0.5) is 11.4 Å². The second kappa shape index (κ2) is 6.95. The van der Waals surface area contributed by atoms with Gasteiger partial charge in [-0.2, -0.15) is 0 Å². The molecule has 0 saturated heterocycles. The van der Waals surface area contributed by atoms with Crippen molar-refractivity contribution >= 4 is 28.9 Å². The maximum absolute atomic E-state index is 12.0. The van der Waals surface area contributed by atoms with Crippen LogP contribution in [0.25, 0.3) is 0 Å². The molecule has 4 nitrogen and oxygen atoms in total. The van der Waals surface area contributed by atoms with Crippen LogP contribution in [-0.2, 0) is 9.53 Å². The van der Waals surface area contributed by atoms with E-state index >= 15 is 0 Å². The molecule has 1 fully saturated rings. The Morgan fingerprint density at radius 2 is 2.20 bits per heavy atom. The minimum Gasteiger partial charge on any atom is -0.397 e. The zero-order valence-corrected chi connectivity index (χ0v) is 12.5. The Hall–Kier alpha value is -1.26. The average Bonchev–Trinajstić information content (AvgIpc) is 2.93. The standard InChI is InChI=1S/C15H21ClN2O2/c1-10(20-9-11-4-2-3-5-11)15(19)18-12-6-7-13(16)14(17)8-12/h6-8,10-11H,2-5,9,17H2,1H3,(H,18,19). The summed E-state index contributed by atoms with van der Waals surface area (Å²) in [6, 6.07) is 5.03. The Labute approximate surface area is 124 Å². The molecule has 1 unspecified atom stereocenters. The molecule has 0 aromatic heterocycles. The van der Waals surface area contributed by atoms with Crippen LogP contribution in [0.2, 0.25) is 5.02 Å². The number of nitrogens with one attached hydrogen (secondary N) is 1. The fraction of sp³-hybridized carbons (Fsp3) is 0.533. The Kier molecular flexibility index (Phi) is 5.26. The van der Waals surface area contributed by atoms with Crippen molar-refractivity contribution in [2.75, 3.05) is 17.7 Å². The van der Waals surface area contributed by atoms with Crippen molar-refractivity contribution in [1.82, 2.24) is 0 Å². The van der Waals surface area contributed by atoms with Crippen LogP contribution in [0.1, 0.15) is 32.6 Å². The van der Waals surface area contributed by atoms with Crippen molar-refractivity contribution in [3.63, 3.8) is 0 Å². The van der Waals surface area contributed by atoms with E-state index in [-0.39, 0.29) is 5.91 Å². The SMILES string of the molecule is CC(OCC1CCCC1)C(=O)Nc1ccc(Cl)c(N)c1. The molecule has 0 radical (unpaired) electrons. The van der Waals surface area contributed by atoms with E-state index < -0.39 is 6.10 Å². The lowest BCUT2D eigenvalue weighted by Crippen LogP contribution is -2.29. The summed E-state index contributed by atoms with van der Waals surface area (Å²) in [5.41, 5.74) is 6.78. The monoisotopic (exact) mass is 296 g/mol. The Morgan fingerprint density at radius 1 is 1.50 bits per heavy atom. The first-order chi connectivity index (χ1) is 9.56. The molecule has 110 valence electrons. The molecule has 3 N–H and O–H groups in total. The van der Waals surface area contributed by atoms with E-state index in [1.165, 1.54) is 25.7 Å². The van der Waals surface area contributed by atoms with Gasteiger partial charge >= 0.3 is 0 Å². The van der Waals surface area contributed by atoms with Crippen LogP contribution < -0.4 is 11.1 Å². The van der Waals surface area contributed by atoms with Crippen molar-refractivity contribution < 1.29 is 9.53 Å². The fourth-order valence-electron chi connectivity index (χ4n) is 2.40. The second-order valence-electron chi connectivity index (χ2n) is 5.35. The normalized spacial score (nSPS) is 17.1. The minimum absolute atomic E-state index is 0.162. The van der Waals surface area contributed by atoms with Crippen molar-refractivity contribution in [2.45, 2.75) is 38.7 Å². The van der Waals surface area contributed by atoms with E-state index in [0.29, 0.717) is 28.9 Å². The highest BCUT2D eigenvalue weighted by Gasteiger charge is 2.19. The molecule has 20 heavy (non-hydrogen) atoms. The zero-order chi connectivity index (χ0) is 14.5. The van der Waals surface area contributed by atoms with Crippen molar-refractivity contribution in [1.29, 1.82) is 0 Å². The molecule has 0 aliphatic heterocycles. The third-order valence-corrected chi connectivity index (χ3v) is 4.03. The average molecular weight is 297 g/mol. The van der Waals surface area contributed by atoms with Gasteiger partial charge in [0, 0.05) is 5.69 Å². The smallest absolute Gasteiger partial charge is 0.253 e. The summed E-state index contributed by atoms with van der Waals surface area (Å²) in [6.07, 6.45) is 4.51. The van der Waals surface area contributed by atoms with Crippen molar-refractivity contribution in [3.05, 3.63) is 23.2 Å². The number of ether oxygens (including phenoxy) is 1. The maximum atomic E-state index is 12.0. The topological polar surface area (TPSA) is 64.3 Å². The molecule has 0 bridgehead atoms. The number of carbonyl (C=O) groups is 1. The third-order valence-electron chi connectivity index (χ3n) is 3.69. The Balaban J connectivity index is 1.81. The summed E-state index contributed by atoms with van der Waals surface area (Å²) in [5, 5.41) is 3.26. The van der Waals surface area contributed by atoms with Gasteiger partial charge in [-0.05, 0) is 43.9 Å². The minimum atomic E-state index is -0.465. The number of nitrogen functional groups attached to an aromatic ring is 1. The Morgan fingerprint density at radius 3 is 2.85 bits per heavy atom. The van der Waals surface area contributed by atoms with Gasteiger partial charge in [-0.25, -0.2) is 0 Å². The van der Waals surface area contributed by atoms with Gasteiger partial charge in [-0.3, -0.25) is 4.79 Å². The highest BCUT2D eigenvalue weighted by atomic mass is 35.5. The molecule has 0 heterocycles. The second-order valence-corrected chi connectivity index (χ2v) is 5.76. The molecular weight excluding hydrogens is 276 g/mol. The first kappa shape index (κ1) is 15.1. The number of benzene rings is 1. The quantitative estimate of drug-likeness (QED) is 0.818. The molecule has 5 heteroatoms. The van der Waals surface area contributed by atoms with Gasteiger partial charge in [0.1, 0.15) is 6.10 Å². The van der Waals surface area contributed by atoms with Crippen LogP contribution in [-0.4, -0.2) is 18.6 Å². The molecule has 1 aliphatic carbocycles. The number of carbonyl (C=O) groups excluding carboxylic acids is 1. The summed E-state index contributed by atoms with van der Waals surface area (Å²) in [5.74, 6) is 0.446. The van der Waals surface area contributed by atoms with Gasteiger partial charge in [0.2, 0.25) is 0 Å². The number of hydrogen-bond acceptors (Lipinski definition) is 3. The van der Waals surface area contributed by atoms with E-state index in [0.717, 1.165) is 0 Å². The zero-order valence-electron chi connectivity index (χ0n) is 11.7. The largest absolute Gasteiger partial charge is 0.397 e. The van der Waals surface area contributed by atoms with Gasteiger partial charge in [0.05, 0.1) is 17.3 Å². The summed E-state index contributed by atoms with van der Waals surface area (Å²) in [6.45, 7) is 2.43. The molecule has 0 spiro atoms. The number of rotatable bonds is 5. The highest BCUT2D eigenvalue weighted by molar-refractivity contribution is 6.33. The van der Waals surface area contributed by atoms with E-state index in [9.17, 15) is 4.79 Å². The van der Waals surface area contributed by atoms with Gasteiger partial charge in [0.25, 0.3) is 5.91 Å². The van der Waals surface area contributed by atoms with Gasteiger partial charge in [-0.15, -0.1) is 0 Å². The maximum Gasteiger partial charge on any atom is 0.253 e. The number of nitrogens with two attached hydrogens (primary N) is 1. The Bertz CT molecular complexity index is 473. The molecule has 1 atom stereocenters. The lowest BCUT2D eigenvalue weighted by molar-refractivity contribution is -0.127. The van der Waals surface area contributed by atoms with E-state index in [1.54, 1.807) is 25.1 Å². The number of anilines is 2. The summed E-state index contributed by atoms with van der Waals surface area (Å²) < 4.78 is 5.64. The fourth-order valence-corrected chi connectivity index (χ4v) is 2.52. The predicted octanol–water partition coefficient (Wildman–Crippen LogP) is 3.46. The number of amides is 1. The van der Waals surface area contributed by atoms with Crippen LogP contribution in [0.3, 0.4) is 0 Å². The van der Waals surface area contributed by atoms with Gasteiger partial charge < -0.3 is 15.8 Å². The van der Waals surface area contributed by atoms with Crippen molar-refractivity contribution in [3.8, 4) is 0 Å². The molecule has 1 aliphatic rings. The molecule has 1 aromatic carbocycles. The number of halogens is 1. The van der Waals surface area contributed by atoms with Crippen LogP contribution in [0, 0.1) is 5.92 Å².